The molecule has 1 saturated heterocycles. The number of carbonyl (C=O) groups is 1. The second kappa shape index (κ2) is 8.13. The number of nitrogens with one attached hydrogen (secondary N) is 1. The maximum absolute atomic E-state index is 12.6. The topological polar surface area (TPSA) is 73.6 Å². The number of aromatic nitrogens is 1. The molecule has 0 unspecified atom stereocenters. The molecule has 1 N–H and O–H groups in total. The number of rotatable bonds is 6. The summed E-state index contributed by atoms with van der Waals surface area (Å²) in [5.41, 5.74) is 3.76. The minimum Gasteiger partial charge on any atom is -0.496 e. The molecule has 1 fully saturated rings. The summed E-state index contributed by atoms with van der Waals surface area (Å²) in [4.78, 5) is 12.6. The number of hydrogen-bond acceptors (Lipinski definition) is 5. The van der Waals surface area contributed by atoms with Crippen LogP contribution in [-0.4, -0.2) is 37.9 Å². The minimum atomic E-state index is -0.190. The second-order valence-electron chi connectivity index (χ2n) is 7.35. The lowest BCUT2D eigenvalue weighted by Gasteiger charge is -2.38. The number of benzene rings is 1. The average Bonchev–Trinajstić information content (AvgIpc) is 2.99. The predicted molar refractivity (Wildman–Crippen MR) is 102 cm³/mol. The van der Waals surface area contributed by atoms with Crippen LogP contribution >= 0.6 is 0 Å². The molecule has 2 heterocycles. The van der Waals surface area contributed by atoms with Gasteiger partial charge in [-0.05, 0) is 39.7 Å². The fourth-order valence-electron chi connectivity index (χ4n) is 3.78. The van der Waals surface area contributed by atoms with Gasteiger partial charge in [-0.3, -0.25) is 4.79 Å². The zero-order chi connectivity index (χ0) is 19.4. The smallest absolute Gasteiger partial charge is 0.224 e. The van der Waals surface area contributed by atoms with Gasteiger partial charge in [0.25, 0.3) is 0 Å². The molecule has 146 valence electrons. The Morgan fingerprint density at radius 3 is 2.63 bits per heavy atom. The van der Waals surface area contributed by atoms with Crippen LogP contribution < -0.4 is 10.1 Å². The van der Waals surface area contributed by atoms with Gasteiger partial charge in [0.2, 0.25) is 5.91 Å². The molecule has 0 atom stereocenters. The third-order valence-electron chi connectivity index (χ3n) is 5.52. The standard InChI is InChI=1S/C21H28N2O4/c1-14-5-6-19(25-4)18(11-14)21(7-9-26-10-8-21)13-22-20(24)12-17-15(2)23-27-16(17)3/h5-6,11H,7-10,12-13H2,1-4H3,(H,22,24). The van der Waals surface area contributed by atoms with Gasteiger partial charge in [-0.15, -0.1) is 0 Å². The van der Waals surface area contributed by atoms with E-state index in [2.05, 4.69) is 23.5 Å². The third kappa shape index (κ3) is 4.16. The number of carbonyl (C=O) groups excluding carboxylic acids is 1. The van der Waals surface area contributed by atoms with Crippen LogP contribution in [0.3, 0.4) is 0 Å². The molecule has 6 nitrogen and oxygen atoms in total. The van der Waals surface area contributed by atoms with Gasteiger partial charge in [0.05, 0.1) is 19.2 Å². The molecule has 1 aliphatic rings. The zero-order valence-electron chi connectivity index (χ0n) is 16.6. The first kappa shape index (κ1) is 19.4. The lowest BCUT2D eigenvalue weighted by Crippen LogP contribution is -2.45. The van der Waals surface area contributed by atoms with Gasteiger partial charge in [-0.2, -0.15) is 0 Å². The number of ether oxygens (including phenoxy) is 2. The van der Waals surface area contributed by atoms with Crippen molar-refractivity contribution in [3.8, 4) is 5.75 Å². The number of amides is 1. The highest BCUT2D eigenvalue weighted by Gasteiger charge is 2.37. The summed E-state index contributed by atoms with van der Waals surface area (Å²) in [6.45, 7) is 7.68. The second-order valence-corrected chi connectivity index (χ2v) is 7.35. The molecule has 0 spiro atoms. The molecule has 0 radical (unpaired) electrons. The van der Waals surface area contributed by atoms with Gasteiger partial charge in [0.15, 0.2) is 0 Å². The first-order valence-corrected chi connectivity index (χ1v) is 9.36. The van der Waals surface area contributed by atoms with Crippen LogP contribution in [0.25, 0.3) is 0 Å². The molecule has 1 amide bonds. The Hall–Kier alpha value is -2.34. The van der Waals surface area contributed by atoms with Crippen LogP contribution in [0.1, 0.15) is 41.0 Å². The van der Waals surface area contributed by atoms with Crippen molar-refractivity contribution in [3.63, 3.8) is 0 Å². The van der Waals surface area contributed by atoms with E-state index in [1.807, 2.05) is 26.0 Å². The van der Waals surface area contributed by atoms with Crippen molar-refractivity contribution in [2.45, 2.75) is 45.4 Å². The summed E-state index contributed by atoms with van der Waals surface area (Å²) in [6, 6.07) is 6.23. The Kier molecular flexibility index (Phi) is 5.85. The molecule has 27 heavy (non-hydrogen) atoms. The lowest BCUT2D eigenvalue weighted by molar-refractivity contribution is -0.121. The molecule has 0 bridgehead atoms. The van der Waals surface area contributed by atoms with E-state index in [4.69, 9.17) is 14.0 Å². The molecule has 1 aromatic carbocycles. The lowest BCUT2D eigenvalue weighted by atomic mass is 9.73. The Bertz CT molecular complexity index is 787. The molecule has 0 aliphatic carbocycles. The molecular weight excluding hydrogens is 344 g/mol. The van der Waals surface area contributed by atoms with E-state index in [1.165, 1.54) is 5.56 Å². The predicted octanol–water partition coefficient (Wildman–Crippen LogP) is 3.02. The summed E-state index contributed by atoms with van der Waals surface area (Å²) in [5.74, 6) is 1.54. The Balaban J connectivity index is 1.80. The maximum Gasteiger partial charge on any atom is 0.224 e. The normalized spacial score (nSPS) is 16.1. The first-order chi connectivity index (χ1) is 12.9. The van der Waals surface area contributed by atoms with Crippen molar-refractivity contribution in [2.75, 3.05) is 26.9 Å². The Labute approximate surface area is 160 Å². The van der Waals surface area contributed by atoms with Crippen LogP contribution in [0.2, 0.25) is 0 Å². The van der Waals surface area contributed by atoms with Crippen molar-refractivity contribution in [1.29, 1.82) is 0 Å². The number of nitrogens with zero attached hydrogens (tertiary/aromatic N) is 1. The summed E-state index contributed by atoms with van der Waals surface area (Å²) >= 11 is 0. The van der Waals surface area contributed by atoms with E-state index < -0.39 is 0 Å². The van der Waals surface area contributed by atoms with Crippen LogP contribution in [0.15, 0.2) is 22.7 Å². The summed E-state index contributed by atoms with van der Waals surface area (Å²) < 4.78 is 16.4. The Morgan fingerprint density at radius 1 is 1.26 bits per heavy atom. The van der Waals surface area contributed by atoms with Gasteiger partial charge < -0.3 is 19.3 Å². The summed E-state index contributed by atoms with van der Waals surface area (Å²) in [6.07, 6.45) is 1.97. The molecule has 2 aromatic rings. The van der Waals surface area contributed by atoms with Gasteiger partial charge in [-0.25, -0.2) is 0 Å². The highest BCUT2D eigenvalue weighted by molar-refractivity contribution is 5.79. The largest absolute Gasteiger partial charge is 0.496 e. The molecule has 3 rings (SSSR count). The average molecular weight is 372 g/mol. The van der Waals surface area contributed by atoms with E-state index in [1.54, 1.807) is 7.11 Å². The highest BCUT2D eigenvalue weighted by atomic mass is 16.5. The SMILES string of the molecule is COc1ccc(C)cc1C1(CNC(=O)Cc2c(C)noc2C)CCOCC1. The van der Waals surface area contributed by atoms with Gasteiger partial charge >= 0.3 is 0 Å². The quantitative estimate of drug-likeness (QED) is 0.844. The minimum absolute atomic E-state index is 0.0260. The number of aryl methyl sites for hydroxylation is 3. The summed E-state index contributed by atoms with van der Waals surface area (Å²) in [5, 5.41) is 7.06. The highest BCUT2D eigenvalue weighted by Crippen LogP contribution is 2.40. The fraction of sp³-hybridized carbons (Fsp3) is 0.524. The van der Waals surface area contributed by atoms with Crippen LogP contribution in [0.5, 0.6) is 5.75 Å². The molecular formula is C21H28N2O4. The fourth-order valence-corrected chi connectivity index (χ4v) is 3.78. The van der Waals surface area contributed by atoms with Crippen molar-refractivity contribution < 1.29 is 18.8 Å². The van der Waals surface area contributed by atoms with Gasteiger partial charge in [0.1, 0.15) is 11.5 Å². The Morgan fingerprint density at radius 2 is 2.00 bits per heavy atom. The van der Waals surface area contributed by atoms with E-state index in [9.17, 15) is 4.79 Å². The third-order valence-corrected chi connectivity index (χ3v) is 5.52. The maximum atomic E-state index is 12.6. The van der Waals surface area contributed by atoms with Crippen molar-refractivity contribution in [2.24, 2.45) is 0 Å². The number of methoxy groups -OCH3 is 1. The van der Waals surface area contributed by atoms with E-state index >= 15 is 0 Å². The number of hydrogen-bond donors (Lipinski definition) is 1. The van der Waals surface area contributed by atoms with E-state index in [0.29, 0.717) is 25.5 Å². The van der Waals surface area contributed by atoms with Gasteiger partial charge in [0, 0.05) is 36.3 Å². The molecule has 1 aliphatic heterocycles. The van der Waals surface area contributed by atoms with Crippen molar-refractivity contribution in [1.82, 2.24) is 10.5 Å². The molecule has 1 aromatic heterocycles. The van der Waals surface area contributed by atoms with Gasteiger partial charge in [-0.1, -0.05) is 22.9 Å². The van der Waals surface area contributed by atoms with Crippen molar-refractivity contribution >= 4 is 5.91 Å². The van der Waals surface area contributed by atoms with Crippen LogP contribution in [-0.2, 0) is 21.4 Å². The van der Waals surface area contributed by atoms with Crippen molar-refractivity contribution in [3.05, 3.63) is 46.3 Å². The molecule has 6 heteroatoms. The zero-order valence-corrected chi connectivity index (χ0v) is 16.6. The van der Waals surface area contributed by atoms with E-state index in [0.717, 1.165) is 35.4 Å². The van der Waals surface area contributed by atoms with E-state index in [-0.39, 0.29) is 17.7 Å². The monoisotopic (exact) mass is 372 g/mol. The summed E-state index contributed by atoms with van der Waals surface area (Å²) in [7, 11) is 1.69. The molecule has 0 saturated carbocycles. The van der Waals surface area contributed by atoms with Crippen LogP contribution in [0.4, 0.5) is 0 Å². The first-order valence-electron chi connectivity index (χ1n) is 9.36. The van der Waals surface area contributed by atoms with Crippen LogP contribution in [0, 0.1) is 20.8 Å².